The molecule has 24 heavy (non-hydrogen) atoms. The number of nitro groups is 1. The lowest BCUT2D eigenvalue weighted by atomic mass is 10.2. The van der Waals surface area contributed by atoms with E-state index in [0.29, 0.717) is 10.8 Å². The maximum absolute atomic E-state index is 12.5. The number of para-hydroxylation sites is 1. The van der Waals surface area contributed by atoms with Crippen molar-refractivity contribution in [2.24, 2.45) is 0 Å². The van der Waals surface area contributed by atoms with Crippen molar-refractivity contribution < 1.29 is 19.7 Å². The Kier molecular flexibility index (Phi) is 3.97. The Morgan fingerprint density at radius 2 is 1.83 bits per heavy atom. The van der Waals surface area contributed by atoms with E-state index in [-0.39, 0.29) is 17.8 Å². The molecule has 2 aromatic rings. The molecule has 2 amide bonds. The molecule has 2 aromatic carbocycles. The molecule has 1 N–H and O–H groups in total. The molecule has 8 heteroatoms. The van der Waals surface area contributed by atoms with Crippen molar-refractivity contribution in [2.75, 3.05) is 9.96 Å². The molecule has 0 aromatic heterocycles. The first-order valence-corrected chi connectivity index (χ1v) is 7.13. The monoisotopic (exact) mass is 327 g/mol. The summed E-state index contributed by atoms with van der Waals surface area (Å²) in [5, 5.41) is 21.7. The highest BCUT2D eigenvalue weighted by Gasteiger charge is 2.43. The van der Waals surface area contributed by atoms with Crippen LogP contribution in [-0.4, -0.2) is 28.0 Å². The van der Waals surface area contributed by atoms with Crippen LogP contribution < -0.4 is 9.96 Å². The minimum atomic E-state index is -1.13. The summed E-state index contributed by atoms with van der Waals surface area (Å²) in [5.74, 6) is -1.03. The third-order valence-corrected chi connectivity index (χ3v) is 3.74. The van der Waals surface area contributed by atoms with E-state index in [1.807, 2.05) is 0 Å². The lowest BCUT2D eigenvalue weighted by Gasteiger charge is -2.22. The summed E-state index contributed by atoms with van der Waals surface area (Å²) in [5.41, 5.74) is 0.274. The number of hydroxylamine groups is 1. The molecule has 122 valence electrons. The van der Waals surface area contributed by atoms with Crippen LogP contribution >= 0.6 is 0 Å². The van der Waals surface area contributed by atoms with Crippen LogP contribution in [0, 0.1) is 10.1 Å². The summed E-state index contributed by atoms with van der Waals surface area (Å²) in [4.78, 5) is 35.9. The van der Waals surface area contributed by atoms with Gasteiger partial charge in [0.05, 0.1) is 22.7 Å². The number of carbonyl (C=O) groups is 2. The maximum Gasteiger partial charge on any atom is 0.271 e. The van der Waals surface area contributed by atoms with E-state index >= 15 is 0 Å². The van der Waals surface area contributed by atoms with Crippen LogP contribution in [0.25, 0.3) is 0 Å². The van der Waals surface area contributed by atoms with Gasteiger partial charge in [0.1, 0.15) is 6.04 Å². The number of hydrogen-bond donors (Lipinski definition) is 1. The summed E-state index contributed by atoms with van der Waals surface area (Å²) in [6, 6.07) is 12.5. The Bertz CT molecular complexity index is 808. The van der Waals surface area contributed by atoms with Crippen molar-refractivity contribution in [1.82, 2.24) is 0 Å². The first-order chi connectivity index (χ1) is 11.5. The molecule has 0 aliphatic carbocycles. The molecule has 1 heterocycles. The van der Waals surface area contributed by atoms with Crippen molar-refractivity contribution in [1.29, 1.82) is 0 Å². The van der Waals surface area contributed by atoms with Gasteiger partial charge in [0.2, 0.25) is 5.91 Å². The minimum Gasteiger partial charge on any atom is -0.288 e. The molecular formula is C16H13N3O5. The van der Waals surface area contributed by atoms with Crippen molar-refractivity contribution in [3.05, 3.63) is 64.7 Å². The van der Waals surface area contributed by atoms with Crippen LogP contribution in [0.1, 0.15) is 6.42 Å². The molecular weight excluding hydrogens is 314 g/mol. The molecule has 0 spiro atoms. The summed E-state index contributed by atoms with van der Waals surface area (Å²) in [7, 11) is 0. The van der Waals surface area contributed by atoms with Crippen molar-refractivity contribution in [3.8, 4) is 0 Å². The highest BCUT2D eigenvalue weighted by Crippen LogP contribution is 2.29. The number of carbonyl (C=O) groups excluding carboxylic acids is 2. The van der Waals surface area contributed by atoms with Gasteiger partial charge in [0.15, 0.2) is 0 Å². The summed E-state index contributed by atoms with van der Waals surface area (Å²) in [6.45, 7) is 0. The lowest BCUT2D eigenvalue weighted by molar-refractivity contribution is -0.384. The quantitative estimate of drug-likeness (QED) is 0.524. The number of nitro benzene ring substituents is 1. The topological polar surface area (TPSA) is 104 Å². The Morgan fingerprint density at radius 3 is 2.50 bits per heavy atom. The third kappa shape index (κ3) is 2.70. The number of nitrogens with zero attached hydrogens (tertiary/aromatic N) is 3. The molecule has 0 unspecified atom stereocenters. The molecule has 1 fully saturated rings. The average Bonchev–Trinajstić information content (AvgIpc) is 2.89. The number of rotatable bonds is 4. The molecule has 1 aliphatic rings. The van der Waals surface area contributed by atoms with Gasteiger partial charge >= 0.3 is 0 Å². The van der Waals surface area contributed by atoms with Gasteiger partial charge in [-0.3, -0.25) is 24.9 Å². The van der Waals surface area contributed by atoms with E-state index in [1.165, 1.54) is 18.2 Å². The second-order valence-corrected chi connectivity index (χ2v) is 5.24. The zero-order valence-electron chi connectivity index (χ0n) is 12.4. The van der Waals surface area contributed by atoms with Gasteiger partial charge < -0.3 is 0 Å². The predicted octanol–water partition coefficient (Wildman–Crippen LogP) is 2.12. The van der Waals surface area contributed by atoms with Gasteiger partial charge in [-0.1, -0.05) is 24.3 Å². The van der Waals surface area contributed by atoms with Crippen LogP contribution in [0.15, 0.2) is 54.6 Å². The Morgan fingerprint density at radius 1 is 1.12 bits per heavy atom. The van der Waals surface area contributed by atoms with Gasteiger partial charge in [-0.15, -0.1) is 0 Å². The summed E-state index contributed by atoms with van der Waals surface area (Å²) < 4.78 is 0. The highest BCUT2D eigenvalue weighted by atomic mass is 16.6. The van der Waals surface area contributed by atoms with Gasteiger partial charge in [-0.25, -0.2) is 9.96 Å². The van der Waals surface area contributed by atoms with E-state index in [1.54, 1.807) is 30.3 Å². The van der Waals surface area contributed by atoms with E-state index in [4.69, 9.17) is 0 Å². The molecule has 0 radical (unpaired) electrons. The van der Waals surface area contributed by atoms with Crippen LogP contribution in [0.5, 0.6) is 0 Å². The van der Waals surface area contributed by atoms with E-state index in [2.05, 4.69) is 0 Å². The Labute approximate surface area is 136 Å². The number of hydrogen-bond acceptors (Lipinski definition) is 6. The third-order valence-electron chi connectivity index (χ3n) is 3.74. The fourth-order valence-corrected chi connectivity index (χ4v) is 2.58. The van der Waals surface area contributed by atoms with Gasteiger partial charge in [-0.2, -0.15) is 0 Å². The highest BCUT2D eigenvalue weighted by molar-refractivity contribution is 6.23. The molecule has 8 nitrogen and oxygen atoms in total. The standard InChI is InChI=1S/C16H13N3O5/c20-15-10-14(16(21)17(15)11-5-2-1-3-6-11)18(22)12-7-4-8-13(9-12)19(23)24/h1-9,14,22H,10H2/t14-/m0/s1. The Hall–Kier alpha value is -3.26. The van der Waals surface area contributed by atoms with E-state index in [0.717, 1.165) is 11.0 Å². The fraction of sp³-hybridized carbons (Fsp3) is 0.125. The number of non-ortho nitro benzene ring substituents is 1. The molecule has 0 bridgehead atoms. The number of benzene rings is 2. The maximum atomic E-state index is 12.5. The van der Waals surface area contributed by atoms with Crippen molar-refractivity contribution in [3.63, 3.8) is 0 Å². The van der Waals surface area contributed by atoms with Gasteiger partial charge in [0.25, 0.3) is 11.6 Å². The summed E-state index contributed by atoms with van der Waals surface area (Å²) in [6.07, 6.45) is -0.215. The summed E-state index contributed by atoms with van der Waals surface area (Å²) >= 11 is 0. The molecule has 3 rings (SSSR count). The van der Waals surface area contributed by atoms with Crippen LogP contribution in [-0.2, 0) is 9.59 Å². The number of imide groups is 1. The molecule has 1 atom stereocenters. The number of amides is 2. The normalized spacial score (nSPS) is 17.2. The first-order valence-electron chi connectivity index (χ1n) is 7.13. The fourth-order valence-electron chi connectivity index (χ4n) is 2.58. The van der Waals surface area contributed by atoms with Crippen LogP contribution in [0.3, 0.4) is 0 Å². The van der Waals surface area contributed by atoms with E-state index < -0.39 is 22.8 Å². The second kappa shape index (κ2) is 6.09. The zero-order chi connectivity index (χ0) is 17.3. The lowest BCUT2D eigenvalue weighted by Crippen LogP contribution is -2.40. The SMILES string of the molecule is O=C1C[C@H](N(O)c2cccc([N+](=O)[O-])c2)C(=O)N1c1ccccc1. The zero-order valence-corrected chi connectivity index (χ0v) is 12.4. The molecule has 1 saturated heterocycles. The predicted molar refractivity (Wildman–Crippen MR) is 84.7 cm³/mol. The number of anilines is 2. The molecule has 1 aliphatic heterocycles. The van der Waals surface area contributed by atoms with Crippen LogP contribution in [0.2, 0.25) is 0 Å². The van der Waals surface area contributed by atoms with E-state index in [9.17, 15) is 24.9 Å². The van der Waals surface area contributed by atoms with Crippen molar-refractivity contribution >= 4 is 28.9 Å². The van der Waals surface area contributed by atoms with Crippen molar-refractivity contribution in [2.45, 2.75) is 12.5 Å². The molecule has 0 saturated carbocycles. The largest absolute Gasteiger partial charge is 0.288 e. The first kappa shape index (κ1) is 15.6. The average molecular weight is 327 g/mol. The minimum absolute atomic E-state index is 0.0743. The van der Waals surface area contributed by atoms with Gasteiger partial charge in [-0.05, 0) is 18.2 Å². The second-order valence-electron chi connectivity index (χ2n) is 5.24. The van der Waals surface area contributed by atoms with Crippen LogP contribution in [0.4, 0.5) is 17.1 Å². The smallest absolute Gasteiger partial charge is 0.271 e. The van der Waals surface area contributed by atoms with Gasteiger partial charge in [0, 0.05) is 12.1 Å². The Balaban J connectivity index is 1.88.